The number of likely N-dealkylation sites (tertiary alicyclic amines) is 1. The number of unbranched alkanes of at least 4 members (excludes halogenated alkanes) is 1. The Hall–Kier alpha value is -1.55. The van der Waals surface area contributed by atoms with Crippen LogP contribution in [0.3, 0.4) is 0 Å². The molecule has 1 aliphatic heterocycles. The molecule has 8 heteroatoms. The van der Waals surface area contributed by atoms with Gasteiger partial charge in [0.2, 0.25) is 0 Å². The van der Waals surface area contributed by atoms with Gasteiger partial charge in [-0.2, -0.15) is 0 Å². The fourth-order valence-electron chi connectivity index (χ4n) is 3.11. The first-order valence-corrected chi connectivity index (χ1v) is 10.2. The lowest BCUT2D eigenvalue weighted by molar-refractivity contribution is 0.0963. The molecule has 7 nitrogen and oxygen atoms in total. The minimum absolute atomic E-state index is 0. The molecule has 2 N–H and O–H groups in total. The lowest BCUT2D eigenvalue weighted by Gasteiger charge is -2.32. The van der Waals surface area contributed by atoms with Gasteiger partial charge in [-0.05, 0) is 38.2 Å². The summed E-state index contributed by atoms with van der Waals surface area (Å²) in [7, 11) is 1.78. The number of amides is 1. The summed E-state index contributed by atoms with van der Waals surface area (Å²) in [4.78, 5) is 17.8. The predicted octanol–water partition coefficient (Wildman–Crippen LogP) is 3.39. The van der Waals surface area contributed by atoms with Crippen LogP contribution >= 0.6 is 24.0 Å². The molecule has 0 bridgehead atoms. The van der Waals surface area contributed by atoms with Crippen LogP contribution in [0.4, 0.5) is 4.79 Å². The van der Waals surface area contributed by atoms with Crippen LogP contribution in [0.25, 0.3) is 0 Å². The Kier molecular flexibility index (Phi) is 13.5. The third-order valence-electron chi connectivity index (χ3n) is 4.70. The van der Waals surface area contributed by atoms with Crippen molar-refractivity contribution in [1.82, 2.24) is 15.5 Å². The van der Waals surface area contributed by atoms with E-state index in [-0.39, 0.29) is 30.1 Å². The molecule has 0 saturated carbocycles. The van der Waals surface area contributed by atoms with Gasteiger partial charge in [-0.3, -0.25) is 4.99 Å². The number of benzene rings is 1. The number of aliphatic imine (C=N–C) groups is 1. The van der Waals surface area contributed by atoms with Crippen molar-refractivity contribution >= 4 is 36.0 Å². The number of piperidine rings is 1. The van der Waals surface area contributed by atoms with E-state index in [1.165, 1.54) is 5.56 Å². The van der Waals surface area contributed by atoms with E-state index in [2.05, 4.69) is 27.8 Å². The van der Waals surface area contributed by atoms with Crippen LogP contribution in [0.5, 0.6) is 0 Å². The highest BCUT2D eigenvalue weighted by molar-refractivity contribution is 14.0. The van der Waals surface area contributed by atoms with Crippen molar-refractivity contribution in [3.05, 3.63) is 35.9 Å². The molecule has 1 aromatic rings. The van der Waals surface area contributed by atoms with Gasteiger partial charge in [0.05, 0.1) is 13.2 Å². The van der Waals surface area contributed by atoms with Crippen LogP contribution < -0.4 is 10.6 Å². The maximum atomic E-state index is 11.8. The second-order valence-electron chi connectivity index (χ2n) is 6.85. The van der Waals surface area contributed by atoms with Gasteiger partial charge in [-0.1, -0.05) is 30.3 Å². The molecule has 0 unspecified atom stereocenters. The molecule has 1 aromatic carbocycles. The maximum absolute atomic E-state index is 11.8. The molecule has 1 aliphatic rings. The van der Waals surface area contributed by atoms with Crippen LogP contribution in [0.1, 0.15) is 38.2 Å². The SMILES string of the molecule is CCOC(=O)N1CCC(NC(=NC)NCCCCOCc2ccccc2)CC1.I. The van der Waals surface area contributed by atoms with Gasteiger partial charge < -0.3 is 25.0 Å². The van der Waals surface area contributed by atoms with E-state index in [4.69, 9.17) is 9.47 Å². The number of carbonyl (C=O) groups excluding carboxylic acids is 1. The quantitative estimate of drug-likeness (QED) is 0.227. The van der Waals surface area contributed by atoms with Gasteiger partial charge in [0.1, 0.15) is 0 Å². The molecular formula is C21H35IN4O3. The topological polar surface area (TPSA) is 75.2 Å². The standard InChI is InChI=1S/C21H34N4O3.HI/c1-3-28-21(26)25-14-11-19(12-15-25)24-20(22-2)23-13-7-8-16-27-17-18-9-5-4-6-10-18;/h4-6,9-10,19H,3,7-8,11-17H2,1-2H3,(H2,22,23,24);1H. The summed E-state index contributed by atoms with van der Waals surface area (Å²) >= 11 is 0. The molecule has 0 aliphatic carbocycles. The van der Waals surface area contributed by atoms with Gasteiger partial charge in [-0.15, -0.1) is 24.0 Å². The van der Waals surface area contributed by atoms with Crippen molar-refractivity contribution in [2.24, 2.45) is 4.99 Å². The van der Waals surface area contributed by atoms with Crippen molar-refractivity contribution in [2.75, 3.05) is 39.9 Å². The van der Waals surface area contributed by atoms with Crippen LogP contribution in [0.15, 0.2) is 35.3 Å². The van der Waals surface area contributed by atoms with Crippen molar-refractivity contribution in [3.8, 4) is 0 Å². The maximum Gasteiger partial charge on any atom is 0.409 e. The van der Waals surface area contributed by atoms with E-state index in [9.17, 15) is 4.79 Å². The van der Waals surface area contributed by atoms with Crippen molar-refractivity contribution in [2.45, 2.75) is 45.3 Å². The molecule has 1 heterocycles. The highest BCUT2D eigenvalue weighted by Gasteiger charge is 2.23. The summed E-state index contributed by atoms with van der Waals surface area (Å²) in [6.45, 7) is 5.97. The minimum atomic E-state index is -0.210. The van der Waals surface area contributed by atoms with Gasteiger partial charge >= 0.3 is 6.09 Å². The second kappa shape index (κ2) is 15.3. The zero-order valence-corrected chi connectivity index (χ0v) is 19.9. The first kappa shape index (κ1) is 25.5. The Morgan fingerprint density at radius 3 is 2.59 bits per heavy atom. The van der Waals surface area contributed by atoms with Gasteiger partial charge in [0, 0.05) is 39.3 Å². The van der Waals surface area contributed by atoms with E-state index in [1.54, 1.807) is 11.9 Å². The Bertz CT molecular complexity index is 593. The molecule has 0 aromatic heterocycles. The normalized spacial score (nSPS) is 14.8. The van der Waals surface area contributed by atoms with Crippen LogP contribution in [-0.4, -0.2) is 62.9 Å². The molecule has 0 atom stereocenters. The number of ether oxygens (including phenoxy) is 2. The van der Waals surface area contributed by atoms with E-state index in [0.717, 1.165) is 44.8 Å². The highest BCUT2D eigenvalue weighted by atomic mass is 127. The van der Waals surface area contributed by atoms with Gasteiger partial charge in [0.25, 0.3) is 0 Å². The van der Waals surface area contributed by atoms with E-state index >= 15 is 0 Å². The number of nitrogens with one attached hydrogen (secondary N) is 2. The minimum Gasteiger partial charge on any atom is -0.450 e. The number of hydrogen-bond donors (Lipinski definition) is 2. The second-order valence-corrected chi connectivity index (χ2v) is 6.85. The number of carbonyl (C=O) groups is 1. The Labute approximate surface area is 191 Å². The molecule has 1 saturated heterocycles. The summed E-state index contributed by atoms with van der Waals surface area (Å²) in [5.74, 6) is 0.819. The average Bonchev–Trinajstić information content (AvgIpc) is 2.73. The molecular weight excluding hydrogens is 483 g/mol. The Balaban J connectivity index is 0.00000420. The van der Waals surface area contributed by atoms with Gasteiger partial charge in [0.15, 0.2) is 5.96 Å². The summed E-state index contributed by atoms with van der Waals surface area (Å²) in [6.07, 6.45) is 3.61. The highest BCUT2D eigenvalue weighted by Crippen LogP contribution is 2.11. The fraction of sp³-hybridized carbons (Fsp3) is 0.619. The Morgan fingerprint density at radius 2 is 1.93 bits per heavy atom. The third-order valence-corrected chi connectivity index (χ3v) is 4.70. The molecule has 0 radical (unpaired) electrons. The van der Waals surface area contributed by atoms with Gasteiger partial charge in [-0.25, -0.2) is 4.79 Å². The molecule has 1 fully saturated rings. The lowest BCUT2D eigenvalue weighted by atomic mass is 10.1. The zero-order chi connectivity index (χ0) is 20.0. The molecule has 2 rings (SSSR count). The smallest absolute Gasteiger partial charge is 0.409 e. The third kappa shape index (κ3) is 10.2. The zero-order valence-electron chi connectivity index (χ0n) is 17.6. The van der Waals surface area contributed by atoms with Crippen molar-refractivity contribution in [1.29, 1.82) is 0 Å². The largest absolute Gasteiger partial charge is 0.450 e. The lowest BCUT2D eigenvalue weighted by Crippen LogP contribution is -2.50. The number of guanidine groups is 1. The number of hydrogen-bond acceptors (Lipinski definition) is 4. The first-order valence-electron chi connectivity index (χ1n) is 10.2. The van der Waals surface area contributed by atoms with E-state index in [1.807, 2.05) is 25.1 Å². The Morgan fingerprint density at radius 1 is 1.21 bits per heavy atom. The summed E-state index contributed by atoms with van der Waals surface area (Å²) in [5, 5.41) is 6.81. The number of halogens is 1. The summed E-state index contributed by atoms with van der Waals surface area (Å²) < 4.78 is 10.8. The number of rotatable bonds is 9. The molecule has 29 heavy (non-hydrogen) atoms. The summed E-state index contributed by atoms with van der Waals surface area (Å²) in [5.41, 5.74) is 1.21. The first-order chi connectivity index (χ1) is 13.7. The molecule has 164 valence electrons. The van der Waals surface area contributed by atoms with Crippen LogP contribution in [0.2, 0.25) is 0 Å². The monoisotopic (exact) mass is 518 g/mol. The van der Waals surface area contributed by atoms with Crippen LogP contribution in [-0.2, 0) is 16.1 Å². The average molecular weight is 518 g/mol. The predicted molar refractivity (Wildman–Crippen MR) is 127 cm³/mol. The number of nitrogens with zero attached hydrogens (tertiary/aromatic N) is 2. The summed E-state index contributed by atoms with van der Waals surface area (Å²) in [6, 6.07) is 10.6. The van der Waals surface area contributed by atoms with Crippen LogP contribution in [0, 0.1) is 0 Å². The molecule has 1 amide bonds. The fourth-order valence-corrected chi connectivity index (χ4v) is 3.11. The van der Waals surface area contributed by atoms with Crippen molar-refractivity contribution in [3.63, 3.8) is 0 Å². The molecule has 0 spiro atoms. The van der Waals surface area contributed by atoms with E-state index in [0.29, 0.717) is 32.3 Å². The van der Waals surface area contributed by atoms with E-state index < -0.39 is 0 Å². The van der Waals surface area contributed by atoms with Crippen molar-refractivity contribution < 1.29 is 14.3 Å².